The summed E-state index contributed by atoms with van der Waals surface area (Å²) in [6, 6.07) is 24.6. The Balaban J connectivity index is 0.000000184. The largest absolute Gasteiger partial charge is 2.00 e. The summed E-state index contributed by atoms with van der Waals surface area (Å²) in [6.07, 6.45) is 3.49. The normalized spacial score (nSPS) is 15.4. The average Bonchev–Trinajstić information content (AvgIpc) is 3.85. The fourth-order valence-electron chi connectivity index (χ4n) is 6.11. The van der Waals surface area contributed by atoms with Gasteiger partial charge in [0.2, 0.25) is 11.8 Å². The molecule has 2 aliphatic heterocycles. The Hall–Kier alpha value is -4.98. The number of oxazole rings is 2. The minimum absolute atomic E-state index is 0. The molecule has 0 aliphatic carbocycles. The second-order valence-electron chi connectivity index (χ2n) is 18.2. The topological polar surface area (TPSA) is 98.7 Å². The smallest absolute Gasteiger partial charge is 0.624 e. The molecule has 0 spiro atoms. The number of benzene rings is 4. The van der Waals surface area contributed by atoms with Crippen LogP contribution in [0.3, 0.4) is 0 Å². The Labute approximate surface area is 335 Å². The summed E-state index contributed by atoms with van der Waals surface area (Å²) in [5.74, 6) is 3.52. The first kappa shape index (κ1) is 39.7. The van der Waals surface area contributed by atoms with E-state index in [0.717, 1.165) is 45.1 Å². The van der Waals surface area contributed by atoms with Crippen molar-refractivity contribution in [2.75, 3.05) is 0 Å². The number of hydrogen-bond acceptors (Lipinski definition) is 6. The van der Waals surface area contributed by atoms with Crippen LogP contribution < -0.4 is 9.47 Å². The molecule has 2 aromatic heterocycles. The van der Waals surface area contributed by atoms with E-state index >= 15 is 0 Å². The summed E-state index contributed by atoms with van der Waals surface area (Å²) in [5, 5.41) is 9.17. The van der Waals surface area contributed by atoms with Crippen molar-refractivity contribution >= 4 is 45.7 Å². The van der Waals surface area contributed by atoms with Gasteiger partial charge in [0, 0.05) is 23.9 Å². The molecule has 0 saturated heterocycles. The number of fused-ring (bicyclic) bond motifs is 4. The first-order valence-electron chi connectivity index (χ1n) is 18.5. The molecule has 0 unspecified atom stereocenters. The van der Waals surface area contributed by atoms with E-state index in [1.807, 2.05) is 24.3 Å². The predicted octanol–water partition coefficient (Wildman–Crippen LogP) is 13.6. The van der Waals surface area contributed by atoms with Gasteiger partial charge in [0.1, 0.15) is 22.5 Å². The monoisotopic (exact) mass is 785 g/mol. The van der Waals surface area contributed by atoms with E-state index in [0.29, 0.717) is 23.5 Å². The third-order valence-corrected chi connectivity index (χ3v) is 9.57. The van der Waals surface area contributed by atoms with Crippen LogP contribution in [0.4, 0.5) is 11.4 Å². The van der Waals surface area contributed by atoms with Crippen LogP contribution in [0.25, 0.3) is 45.0 Å². The second-order valence-corrected chi connectivity index (χ2v) is 18.2. The van der Waals surface area contributed by atoms with Crippen LogP contribution in [0.2, 0.25) is 0 Å². The van der Waals surface area contributed by atoms with Crippen molar-refractivity contribution < 1.29 is 35.4 Å². The van der Waals surface area contributed by atoms with Crippen molar-refractivity contribution in [3.05, 3.63) is 129 Å². The van der Waals surface area contributed by atoms with E-state index in [1.165, 1.54) is 22.3 Å². The fraction of sp³-hybridized carbons (Fsp3) is 0.348. The zero-order valence-corrected chi connectivity index (χ0v) is 34.7. The number of hydrogen-bond donors (Lipinski definition) is 0. The van der Waals surface area contributed by atoms with Gasteiger partial charge >= 0.3 is 17.1 Å². The maximum Gasteiger partial charge on any atom is 2.00 e. The Kier molecular flexibility index (Phi) is 10.3. The zero-order valence-electron chi connectivity index (χ0n) is 33.8. The van der Waals surface area contributed by atoms with E-state index in [1.54, 1.807) is 12.2 Å². The average molecular weight is 786 g/mol. The van der Waals surface area contributed by atoms with E-state index in [-0.39, 0.29) is 38.7 Å². The van der Waals surface area contributed by atoms with Crippen molar-refractivity contribution in [3.8, 4) is 11.5 Å². The summed E-state index contributed by atoms with van der Waals surface area (Å²) in [7, 11) is 0. The molecule has 0 amide bonds. The summed E-state index contributed by atoms with van der Waals surface area (Å²) in [6.45, 7) is 26.2. The standard InChI is InChI=1S/2C23H25N2O2.Cu/c2*1-22(2,3)14-7-9-18-16(11-14)24-20(26-18)13-21-25-17-12-15(23(4,5)6)8-10-19(17)27-21;/h2*7-13H,1-6H3;/q2*-1;+2/b2*20-13+;. The quantitative estimate of drug-likeness (QED) is 0.162. The van der Waals surface area contributed by atoms with Crippen LogP contribution in [0.5, 0.6) is 11.5 Å². The molecule has 8 nitrogen and oxygen atoms in total. The van der Waals surface area contributed by atoms with Gasteiger partial charge < -0.3 is 28.9 Å². The molecule has 4 aromatic carbocycles. The van der Waals surface area contributed by atoms with Crippen LogP contribution in [0, 0.1) is 0 Å². The molecule has 2 aliphatic rings. The summed E-state index contributed by atoms with van der Waals surface area (Å²) >= 11 is 0. The molecular formula is C46H50CuN4O4. The van der Waals surface area contributed by atoms with Gasteiger partial charge in [-0.1, -0.05) is 131 Å². The molecule has 0 N–H and O–H groups in total. The van der Waals surface area contributed by atoms with Gasteiger partial charge in [-0.2, -0.15) is 0 Å². The maximum absolute atomic E-state index is 5.85. The van der Waals surface area contributed by atoms with Gasteiger partial charge in [0.25, 0.3) is 0 Å². The molecule has 0 bridgehead atoms. The molecule has 0 fully saturated rings. The van der Waals surface area contributed by atoms with Crippen molar-refractivity contribution in [2.45, 2.75) is 105 Å². The third kappa shape index (κ3) is 8.79. The summed E-state index contributed by atoms with van der Waals surface area (Å²) in [4.78, 5) is 9.17. The number of ether oxygens (including phenoxy) is 2. The first-order valence-corrected chi connectivity index (χ1v) is 18.5. The number of aromatic nitrogens is 2. The van der Waals surface area contributed by atoms with Gasteiger partial charge in [-0.3, -0.25) is 0 Å². The second kappa shape index (κ2) is 14.3. The predicted molar refractivity (Wildman–Crippen MR) is 219 cm³/mol. The summed E-state index contributed by atoms with van der Waals surface area (Å²) in [5.41, 5.74) is 10.1. The molecular weight excluding hydrogens is 736 g/mol. The van der Waals surface area contributed by atoms with Crippen LogP contribution in [-0.4, -0.2) is 9.97 Å². The molecule has 55 heavy (non-hydrogen) atoms. The van der Waals surface area contributed by atoms with Gasteiger partial charge in [-0.15, -0.1) is 0 Å². The SMILES string of the molecule is CC(C)(C)c1ccc2c(c1)[N-]/C(=C\c1nc3cc(C(C)(C)C)ccc3o1)O2.CC(C)(C)c1ccc2c(c1)[N-]/C(=C\c1nc3cc(C(C)(C)C)ccc3o1)O2.[Cu+2]. The minimum atomic E-state index is 0. The van der Waals surface area contributed by atoms with Gasteiger partial charge in [0.15, 0.2) is 11.2 Å². The van der Waals surface area contributed by atoms with Gasteiger partial charge in [-0.05, 0) is 80.3 Å². The first-order chi connectivity index (χ1) is 25.2. The Morgan fingerprint density at radius 2 is 0.782 bits per heavy atom. The van der Waals surface area contributed by atoms with Gasteiger partial charge in [0.05, 0.1) is 0 Å². The van der Waals surface area contributed by atoms with Crippen LogP contribution in [0.1, 0.15) is 117 Å². The number of rotatable bonds is 2. The van der Waals surface area contributed by atoms with Crippen LogP contribution >= 0.6 is 0 Å². The molecule has 1 radical (unpaired) electrons. The van der Waals surface area contributed by atoms with Crippen molar-refractivity contribution in [3.63, 3.8) is 0 Å². The van der Waals surface area contributed by atoms with E-state index in [4.69, 9.17) is 18.3 Å². The van der Waals surface area contributed by atoms with E-state index < -0.39 is 0 Å². The van der Waals surface area contributed by atoms with Crippen molar-refractivity contribution in [1.82, 2.24) is 9.97 Å². The molecule has 289 valence electrons. The Bertz CT molecular complexity index is 2270. The van der Waals surface area contributed by atoms with Crippen molar-refractivity contribution in [2.24, 2.45) is 0 Å². The molecule has 4 heterocycles. The molecule has 8 rings (SSSR count). The zero-order chi connectivity index (χ0) is 38.8. The molecule has 0 saturated carbocycles. The minimum Gasteiger partial charge on any atom is -0.624 e. The van der Waals surface area contributed by atoms with E-state index in [2.05, 4.69) is 152 Å². The van der Waals surface area contributed by atoms with Crippen LogP contribution in [-0.2, 0) is 38.7 Å². The Morgan fingerprint density at radius 1 is 0.455 bits per heavy atom. The summed E-state index contributed by atoms with van der Waals surface area (Å²) < 4.78 is 23.4. The molecule has 6 aromatic rings. The van der Waals surface area contributed by atoms with E-state index in [9.17, 15) is 0 Å². The maximum atomic E-state index is 5.85. The molecule has 0 atom stereocenters. The van der Waals surface area contributed by atoms with Gasteiger partial charge in [-0.25, -0.2) is 9.97 Å². The van der Waals surface area contributed by atoms with Crippen molar-refractivity contribution in [1.29, 1.82) is 0 Å². The molecule has 9 heteroatoms. The Morgan fingerprint density at radius 3 is 1.13 bits per heavy atom. The number of nitrogens with zero attached hydrogens (tertiary/aromatic N) is 4. The fourth-order valence-corrected chi connectivity index (χ4v) is 6.11. The van der Waals surface area contributed by atoms with Crippen LogP contribution in [0.15, 0.2) is 93.4 Å². The third-order valence-electron chi connectivity index (χ3n) is 9.57.